The van der Waals surface area contributed by atoms with Crippen LogP contribution in [0.5, 0.6) is 0 Å². The maximum atomic E-state index is 12.3. The van der Waals surface area contributed by atoms with Crippen LogP contribution in [-0.4, -0.2) is 61.0 Å². The summed E-state index contributed by atoms with van der Waals surface area (Å²) in [7, 11) is 0. The molecule has 19 heavy (non-hydrogen) atoms. The molecule has 6 nitrogen and oxygen atoms in total. The Hall–Kier alpha value is -1.14. The van der Waals surface area contributed by atoms with Crippen LogP contribution in [0.2, 0.25) is 0 Å². The second-order valence-electron chi connectivity index (χ2n) is 5.39. The van der Waals surface area contributed by atoms with Crippen molar-refractivity contribution < 1.29 is 9.59 Å². The van der Waals surface area contributed by atoms with Gasteiger partial charge in [0.1, 0.15) is 6.04 Å². The quantitative estimate of drug-likeness (QED) is 0.618. The summed E-state index contributed by atoms with van der Waals surface area (Å²) in [6.45, 7) is 11.4. The lowest BCUT2D eigenvalue weighted by molar-refractivity contribution is -0.135. The van der Waals surface area contributed by atoms with Gasteiger partial charge in [0.2, 0.25) is 11.8 Å². The van der Waals surface area contributed by atoms with E-state index in [4.69, 9.17) is 0 Å². The smallest absolute Gasteiger partial charge is 0.242 e. The first-order valence-electron chi connectivity index (χ1n) is 6.94. The van der Waals surface area contributed by atoms with Gasteiger partial charge < -0.3 is 16.0 Å². The lowest BCUT2D eigenvalue weighted by Gasteiger charge is -2.40. The Morgan fingerprint density at radius 3 is 2.42 bits per heavy atom. The number of hydrogen-bond acceptors (Lipinski definition) is 4. The molecule has 3 N–H and O–H groups in total. The Morgan fingerprint density at radius 1 is 1.32 bits per heavy atom. The minimum atomic E-state index is -0.594. The van der Waals surface area contributed by atoms with E-state index < -0.39 is 11.6 Å². The molecule has 6 heteroatoms. The lowest BCUT2D eigenvalue weighted by atomic mass is 10.00. The first kappa shape index (κ1) is 15.9. The molecular formula is C13H26N4O2. The lowest BCUT2D eigenvalue weighted by Crippen LogP contribution is -2.61. The zero-order valence-electron chi connectivity index (χ0n) is 12.4. The molecule has 0 saturated carbocycles. The minimum absolute atomic E-state index is 0.104. The summed E-state index contributed by atoms with van der Waals surface area (Å²) in [6.07, 6.45) is 0. The van der Waals surface area contributed by atoms with Crippen LogP contribution in [0.25, 0.3) is 0 Å². The average Bonchev–Trinajstić information content (AvgIpc) is 2.39. The van der Waals surface area contributed by atoms with Gasteiger partial charge in [-0.1, -0.05) is 0 Å². The van der Waals surface area contributed by atoms with E-state index in [1.165, 1.54) is 0 Å². The van der Waals surface area contributed by atoms with Gasteiger partial charge in [-0.15, -0.1) is 0 Å². The van der Waals surface area contributed by atoms with Crippen LogP contribution in [0, 0.1) is 0 Å². The fraction of sp³-hybridized carbons (Fsp3) is 0.846. The summed E-state index contributed by atoms with van der Waals surface area (Å²) in [5.41, 5.74) is -0.594. The maximum Gasteiger partial charge on any atom is 0.242 e. The van der Waals surface area contributed by atoms with E-state index in [9.17, 15) is 9.59 Å². The Balaban J connectivity index is 2.57. The fourth-order valence-electron chi connectivity index (χ4n) is 2.13. The molecule has 0 radical (unpaired) electrons. The molecule has 2 amide bonds. The number of nitrogens with zero attached hydrogens (tertiary/aromatic N) is 1. The normalized spacial score (nSPS) is 18.7. The molecule has 1 aliphatic heterocycles. The van der Waals surface area contributed by atoms with Crippen LogP contribution in [-0.2, 0) is 9.59 Å². The van der Waals surface area contributed by atoms with E-state index in [1.807, 2.05) is 20.8 Å². The standard InChI is InChI=1S/C13H26N4O2/c1-5-15-11(18)10(2)16-12(19)13(3,4)17-8-6-14-7-9-17/h10,14H,5-9H2,1-4H3,(H,15,18)(H,16,19). The number of carbonyl (C=O) groups is 2. The third-order valence-electron chi connectivity index (χ3n) is 3.56. The molecule has 1 heterocycles. The van der Waals surface area contributed by atoms with Crippen molar-refractivity contribution in [2.45, 2.75) is 39.3 Å². The molecule has 110 valence electrons. The molecule has 0 aromatic rings. The Morgan fingerprint density at radius 2 is 1.89 bits per heavy atom. The summed E-state index contributed by atoms with van der Waals surface area (Å²) in [5, 5.41) is 8.76. The average molecular weight is 270 g/mol. The molecule has 0 spiro atoms. The largest absolute Gasteiger partial charge is 0.355 e. The third kappa shape index (κ3) is 4.18. The molecule has 1 rings (SSSR count). The second-order valence-corrected chi connectivity index (χ2v) is 5.39. The fourth-order valence-corrected chi connectivity index (χ4v) is 2.13. The Labute approximate surface area is 115 Å². The summed E-state index contributed by atoms with van der Waals surface area (Å²) < 4.78 is 0. The van der Waals surface area contributed by atoms with Crippen LogP contribution in [0.3, 0.4) is 0 Å². The van der Waals surface area contributed by atoms with Crippen LogP contribution in [0.1, 0.15) is 27.7 Å². The van der Waals surface area contributed by atoms with Gasteiger partial charge in [0.05, 0.1) is 5.54 Å². The molecule has 0 aromatic carbocycles. The molecule has 0 aliphatic carbocycles. The third-order valence-corrected chi connectivity index (χ3v) is 3.56. The SMILES string of the molecule is CCNC(=O)C(C)NC(=O)C(C)(C)N1CCNCC1. The summed E-state index contributed by atoms with van der Waals surface area (Å²) in [6, 6.07) is -0.505. The summed E-state index contributed by atoms with van der Waals surface area (Å²) in [4.78, 5) is 26.1. The van der Waals surface area contributed by atoms with Crippen LogP contribution in [0.15, 0.2) is 0 Å². The van der Waals surface area contributed by atoms with Crippen molar-refractivity contribution in [1.82, 2.24) is 20.9 Å². The van der Waals surface area contributed by atoms with Crippen LogP contribution >= 0.6 is 0 Å². The number of nitrogens with one attached hydrogen (secondary N) is 3. The number of rotatable bonds is 5. The van der Waals surface area contributed by atoms with E-state index in [0.717, 1.165) is 26.2 Å². The van der Waals surface area contributed by atoms with Gasteiger partial charge in [0.25, 0.3) is 0 Å². The number of piperazine rings is 1. The molecule has 0 aromatic heterocycles. The van der Waals surface area contributed by atoms with Gasteiger partial charge in [-0.25, -0.2) is 0 Å². The minimum Gasteiger partial charge on any atom is -0.355 e. The van der Waals surface area contributed by atoms with Crippen molar-refractivity contribution in [1.29, 1.82) is 0 Å². The zero-order valence-corrected chi connectivity index (χ0v) is 12.4. The van der Waals surface area contributed by atoms with Gasteiger partial charge in [0, 0.05) is 32.7 Å². The summed E-state index contributed by atoms with van der Waals surface area (Å²) in [5.74, 6) is -0.250. The van der Waals surface area contributed by atoms with Gasteiger partial charge in [-0.05, 0) is 27.7 Å². The Kier molecular flexibility index (Phi) is 5.75. The van der Waals surface area contributed by atoms with Crippen molar-refractivity contribution in [2.24, 2.45) is 0 Å². The van der Waals surface area contributed by atoms with Gasteiger partial charge in [-0.2, -0.15) is 0 Å². The van der Waals surface area contributed by atoms with E-state index in [0.29, 0.717) is 6.54 Å². The number of hydrogen-bond donors (Lipinski definition) is 3. The molecule has 1 atom stereocenters. The van der Waals surface area contributed by atoms with E-state index in [2.05, 4.69) is 20.9 Å². The molecule has 1 aliphatic rings. The first-order chi connectivity index (χ1) is 8.89. The topological polar surface area (TPSA) is 73.5 Å². The predicted octanol–water partition coefficient (Wildman–Crippen LogP) is -0.689. The Bertz CT molecular complexity index is 325. The number of amides is 2. The van der Waals surface area contributed by atoms with Crippen molar-refractivity contribution in [3.05, 3.63) is 0 Å². The van der Waals surface area contributed by atoms with Crippen molar-refractivity contribution in [2.75, 3.05) is 32.7 Å². The number of carbonyl (C=O) groups excluding carboxylic acids is 2. The molecular weight excluding hydrogens is 244 g/mol. The predicted molar refractivity (Wildman–Crippen MR) is 74.8 cm³/mol. The van der Waals surface area contributed by atoms with Crippen LogP contribution < -0.4 is 16.0 Å². The van der Waals surface area contributed by atoms with E-state index >= 15 is 0 Å². The molecule has 1 unspecified atom stereocenters. The maximum absolute atomic E-state index is 12.3. The first-order valence-corrected chi connectivity index (χ1v) is 6.94. The molecule has 0 bridgehead atoms. The van der Waals surface area contributed by atoms with Crippen molar-refractivity contribution in [3.63, 3.8) is 0 Å². The zero-order chi connectivity index (χ0) is 14.5. The highest BCUT2D eigenvalue weighted by atomic mass is 16.2. The van der Waals surface area contributed by atoms with Crippen LogP contribution in [0.4, 0.5) is 0 Å². The van der Waals surface area contributed by atoms with Crippen molar-refractivity contribution >= 4 is 11.8 Å². The molecule has 1 saturated heterocycles. The van der Waals surface area contributed by atoms with E-state index in [-0.39, 0.29) is 11.8 Å². The molecule has 1 fully saturated rings. The van der Waals surface area contributed by atoms with Gasteiger partial charge in [-0.3, -0.25) is 14.5 Å². The van der Waals surface area contributed by atoms with Gasteiger partial charge in [0.15, 0.2) is 0 Å². The van der Waals surface area contributed by atoms with Gasteiger partial charge >= 0.3 is 0 Å². The highest BCUT2D eigenvalue weighted by molar-refractivity contribution is 5.91. The number of likely N-dealkylation sites (N-methyl/N-ethyl adjacent to an activating group) is 1. The van der Waals surface area contributed by atoms with E-state index in [1.54, 1.807) is 6.92 Å². The summed E-state index contributed by atoms with van der Waals surface area (Å²) >= 11 is 0. The highest BCUT2D eigenvalue weighted by Crippen LogP contribution is 2.15. The second kappa shape index (κ2) is 6.86. The van der Waals surface area contributed by atoms with Crippen molar-refractivity contribution in [3.8, 4) is 0 Å². The monoisotopic (exact) mass is 270 g/mol. The highest BCUT2D eigenvalue weighted by Gasteiger charge is 2.36.